The smallest absolute Gasteiger partial charge is 0.318 e. The van der Waals surface area contributed by atoms with Crippen LogP contribution in [0, 0.1) is 0 Å². The van der Waals surface area contributed by atoms with Gasteiger partial charge in [0.05, 0.1) is 24.6 Å². The van der Waals surface area contributed by atoms with Gasteiger partial charge in [0, 0.05) is 18.1 Å². The van der Waals surface area contributed by atoms with Crippen molar-refractivity contribution in [2.75, 3.05) is 20.2 Å². The standard InChI is InChI=1S/C18H18ClN5O2S/c1-11(17(25)26-2)27-18-22-16-14(15-20-7-4-8-23(15)18)10-21-24(16)13-6-3-5-12(19)9-13/h3,5-6,9-11H,4,7-8H2,1-2H3/t11-/m0/s1. The molecule has 0 saturated carbocycles. The Bertz CT molecular complexity index is 955. The molecule has 1 aromatic heterocycles. The first-order valence-corrected chi connectivity index (χ1v) is 9.83. The molecule has 2 aromatic rings. The first kappa shape index (κ1) is 18.1. The summed E-state index contributed by atoms with van der Waals surface area (Å²) in [6.07, 6.45) is 2.72. The first-order valence-electron chi connectivity index (χ1n) is 8.58. The maximum atomic E-state index is 11.9. The van der Waals surface area contributed by atoms with Crippen molar-refractivity contribution in [3.8, 4) is 5.69 Å². The maximum absolute atomic E-state index is 11.9. The minimum absolute atomic E-state index is 0.285. The van der Waals surface area contributed by atoms with E-state index in [1.165, 1.54) is 18.9 Å². The summed E-state index contributed by atoms with van der Waals surface area (Å²) in [6, 6.07) is 7.45. The van der Waals surface area contributed by atoms with Crippen LogP contribution in [0.15, 0.2) is 40.4 Å². The average molecular weight is 404 g/mol. The molecule has 2 aliphatic heterocycles. The van der Waals surface area contributed by atoms with Gasteiger partial charge in [0.1, 0.15) is 11.1 Å². The number of methoxy groups -OCH3 is 1. The molecule has 27 heavy (non-hydrogen) atoms. The van der Waals surface area contributed by atoms with E-state index in [0.29, 0.717) is 10.8 Å². The molecule has 1 aromatic carbocycles. The third-order valence-corrected chi connectivity index (χ3v) is 5.65. The summed E-state index contributed by atoms with van der Waals surface area (Å²) >= 11 is 7.51. The Morgan fingerprint density at radius 3 is 3.04 bits per heavy atom. The molecular formula is C18H18ClN5O2S. The summed E-state index contributed by atoms with van der Waals surface area (Å²) in [5.41, 5.74) is 1.70. The predicted octanol–water partition coefficient (Wildman–Crippen LogP) is 3.27. The van der Waals surface area contributed by atoms with E-state index in [1.807, 2.05) is 31.2 Å². The van der Waals surface area contributed by atoms with Crippen molar-refractivity contribution in [1.29, 1.82) is 0 Å². The molecule has 0 aliphatic carbocycles. The molecule has 0 bridgehead atoms. The van der Waals surface area contributed by atoms with Gasteiger partial charge >= 0.3 is 5.97 Å². The lowest BCUT2D eigenvalue weighted by atomic mass is 10.2. The quantitative estimate of drug-likeness (QED) is 0.735. The van der Waals surface area contributed by atoms with Crippen LogP contribution in [0.3, 0.4) is 0 Å². The molecule has 0 spiro atoms. The van der Waals surface area contributed by atoms with Crippen molar-refractivity contribution in [1.82, 2.24) is 14.7 Å². The van der Waals surface area contributed by atoms with Gasteiger partial charge in [-0.05, 0) is 31.5 Å². The van der Waals surface area contributed by atoms with Gasteiger partial charge in [-0.25, -0.2) is 9.67 Å². The molecule has 3 heterocycles. The summed E-state index contributed by atoms with van der Waals surface area (Å²) < 4.78 is 6.60. The fourth-order valence-corrected chi connectivity index (χ4v) is 4.18. The van der Waals surface area contributed by atoms with Crippen LogP contribution < -0.4 is 0 Å². The largest absolute Gasteiger partial charge is 0.468 e. The van der Waals surface area contributed by atoms with Crippen LogP contribution in [-0.4, -0.2) is 57.1 Å². The molecule has 7 nitrogen and oxygen atoms in total. The van der Waals surface area contributed by atoms with Crippen molar-refractivity contribution in [3.63, 3.8) is 0 Å². The van der Waals surface area contributed by atoms with E-state index in [-0.39, 0.29) is 11.2 Å². The summed E-state index contributed by atoms with van der Waals surface area (Å²) in [5.74, 6) is 1.25. The fourth-order valence-electron chi connectivity index (χ4n) is 3.04. The first-order chi connectivity index (χ1) is 13.1. The van der Waals surface area contributed by atoms with Crippen LogP contribution in [0.1, 0.15) is 18.9 Å². The lowest BCUT2D eigenvalue weighted by Gasteiger charge is -2.33. The molecular weight excluding hydrogens is 386 g/mol. The number of aliphatic imine (C=N–C) groups is 2. The number of carbonyl (C=O) groups is 1. The number of halogens is 1. The summed E-state index contributed by atoms with van der Waals surface area (Å²) in [7, 11) is 1.39. The Labute approximate surface area is 166 Å². The normalized spacial score (nSPS) is 16.8. The van der Waals surface area contributed by atoms with Crippen molar-refractivity contribution in [2.24, 2.45) is 9.98 Å². The number of hydrogen-bond acceptors (Lipinski definition) is 7. The molecule has 2 aliphatic rings. The van der Waals surface area contributed by atoms with E-state index in [4.69, 9.17) is 26.3 Å². The molecule has 0 saturated heterocycles. The van der Waals surface area contributed by atoms with Gasteiger partial charge in [-0.3, -0.25) is 9.79 Å². The molecule has 4 rings (SSSR count). The van der Waals surface area contributed by atoms with Gasteiger partial charge < -0.3 is 9.64 Å². The Balaban J connectivity index is 1.79. The molecule has 0 amide bonds. The zero-order chi connectivity index (χ0) is 19.0. The number of esters is 1. The van der Waals surface area contributed by atoms with Crippen LogP contribution in [0.5, 0.6) is 0 Å². The van der Waals surface area contributed by atoms with Crippen molar-refractivity contribution < 1.29 is 9.53 Å². The fraction of sp³-hybridized carbons (Fsp3) is 0.333. The molecule has 0 fully saturated rings. The Kier molecular flexibility index (Phi) is 4.92. The van der Waals surface area contributed by atoms with Gasteiger partial charge in [0.25, 0.3) is 0 Å². The highest BCUT2D eigenvalue weighted by atomic mass is 35.5. The van der Waals surface area contributed by atoms with E-state index >= 15 is 0 Å². The van der Waals surface area contributed by atoms with E-state index in [2.05, 4.69) is 10.00 Å². The van der Waals surface area contributed by atoms with Crippen molar-refractivity contribution in [3.05, 3.63) is 41.0 Å². The maximum Gasteiger partial charge on any atom is 0.318 e. The molecule has 1 atom stereocenters. The van der Waals surface area contributed by atoms with Gasteiger partial charge in [0.15, 0.2) is 11.0 Å². The highest BCUT2D eigenvalue weighted by molar-refractivity contribution is 8.14. The second-order valence-corrected chi connectivity index (χ2v) is 7.91. The van der Waals surface area contributed by atoms with Crippen LogP contribution in [0.2, 0.25) is 5.02 Å². The number of rotatable bonds is 3. The summed E-state index contributed by atoms with van der Waals surface area (Å²) in [6.45, 7) is 3.38. The van der Waals surface area contributed by atoms with Gasteiger partial charge in [-0.15, -0.1) is 0 Å². The monoisotopic (exact) mass is 403 g/mol. The zero-order valence-electron chi connectivity index (χ0n) is 14.9. The Hall–Kier alpha value is -2.32. The number of aromatic nitrogens is 2. The van der Waals surface area contributed by atoms with Crippen molar-refractivity contribution >= 4 is 46.2 Å². The van der Waals surface area contributed by atoms with E-state index in [1.54, 1.807) is 10.9 Å². The third-order valence-electron chi connectivity index (χ3n) is 4.34. The number of benzene rings is 1. The number of amidine groups is 2. The molecule has 9 heteroatoms. The Morgan fingerprint density at radius 1 is 1.41 bits per heavy atom. The lowest BCUT2D eigenvalue weighted by molar-refractivity contribution is -0.139. The predicted molar refractivity (Wildman–Crippen MR) is 107 cm³/mol. The average Bonchev–Trinajstić information content (AvgIpc) is 3.11. The Morgan fingerprint density at radius 2 is 2.26 bits per heavy atom. The van der Waals surface area contributed by atoms with Crippen LogP contribution >= 0.6 is 23.4 Å². The number of hydrogen-bond donors (Lipinski definition) is 0. The second kappa shape index (κ2) is 7.36. The van der Waals surface area contributed by atoms with Gasteiger partial charge in [-0.2, -0.15) is 5.10 Å². The highest BCUT2D eigenvalue weighted by Crippen LogP contribution is 2.34. The number of nitrogens with zero attached hydrogens (tertiary/aromatic N) is 5. The molecule has 0 radical (unpaired) electrons. The molecule has 0 N–H and O–H groups in total. The lowest BCUT2D eigenvalue weighted by Crippen LogP contribution is -2.42. The SMILES string of the molecule is COC(=O)[C@H](C)SC1=Nc2c(cnn2-c2cccc(Cl)c2)C2=NCCCN12. The van der Waals surface area contributed by atoms with Crippen LogP contribution in [-0.2, 0) is 9.53 Å². The van der Waals surface area contributed by atoms with E-state index in [9.17, 15) is 4.79 Å². The van der Waals surface area contributed by atoms with E-state index in [0.717, 1.165) is 41.8 Å². The number of thioether (sulfide) groups is 1. The minimum Gasteiger partial charge on any atom is -0.468 e. The number of carbonyl (C=O) groups excluding carboxylic acids is 1. The number of ether oxygens (including phenoxy) is 1. The van der Waals surface area contributed by atoms with E-state index < -0.39 is 0 Å². The molecule has 140 valence electrons. The molecule has 0 unspecified atom stereocenters. The van der Waals surface area contributed by atoms with Gasteiger partial charge in [-0.1, -0.05) is 29.4 Å². The van der Waals surface area contributed by atoms with Crippen LogP contribution in [0.25, 0.3) is 5.69 Å². The summed E-state index contributed by atoms with van der Waals surface area (Å²) in [4.78, 5) is 23.5. The summed E-state index contributed by atoms with van der Waals surface area (Å²) in [5, 5.41) is 5.49. The minimum atomic E-state index is -0.374. The van der Waals surface area contributed by atoms with Crippen LogP contribution in [0.4, 0.5) is 5.82 Å². The van der Waals surface area contributed by atoms with Gasteiger partial charge in [0.2, 0.25) is 0 Å². The van der Waals surface area contributed by atoms with Crippen molar-refractivity contribution in [2.45, 2.75) is 18.6 Å². The zero-order valence-corrected chi connectivity index (χ0v) is 16.5. The highest BCUT2D eigenvalue weighted by Gasteiger charge is 2.33. The third kappa shape index (κ3) is 3.35. The second-order valence-electron chi connectivity index (χ2n) is 6.16. The number of fused-ring (bicyclic) bond motifs is 3. The topological polar surface area (TPSA) is 72.1 Å².